The second-order valence-corrected chi connectivity index (χ2v) is 7.08. The number of methoxy groups -OCH3 is 2. The summed E-state index contributed by atoms with van der Waals surface area (Å²) in [6.07, 6.45) is 2.21. The fraction of sp³-hybridized carbons (Fsp3) is 0.333. The maximum absolute atomic E-state index is 12.3. The Morgan fingerprint density at radius 1 is 1.13 bits per heavy atom. The number of nitrogens with zero attached hydrogens (tertiary/aromatic N) is 4. The quantitative estimate of drug-likeness (QED) is 0.560. The molecule has 0 saturated heterocycles. The molecule has 2 N–H and O–H groups in total. The smallest absolute Gasteiger partial charge is 0.239 e. The summed E-state index contributed by atoms with van der Waals surface area (Å²) in [7, 11) is 3.17. The Morgan fingerprint density at radius 2 is 1.97 bits per heavy atom. The number of carbonyl (C=O) groups is 1. The Morgan fingerprint density at radius 3 is 2.73 bits per heavy atom. The molecule has 0 radical (unpaired) electrons. The van der Waals surface area contributed by atoms with Gasteiger partial charge < -0.3 is 20.1 Å². The Bertz CT molecular complexity index is 1030. The van der Waals surface area contributed by atoms with Crippen LogP contribution in [0, 0.1) is 0 Å². The molecule has 1 heterocycles. The summed E-state index contributed by atoms with van der Waals surface area (Å²) in [5.74, 6) is 1.92. The van der Waals surface area contributed by atoms with Gasteiger partial charge in [0, 0.05) is 17.8 Å². The van der Waals surface area contributed by atoms with E-state index in [1.165, 1.54) is 0 Å². The van der Waals surface area contributed by atoms with Crippen LogP contribution in [0.4, 0.5) is 5.69 Å². The number of hydrogen-bond donors (Lipinski definition) is 2. The first-order chi connectivity index (χ1) is 14.7. The van der Waals surface area contributed by atoms with E-state index in [1.54, 1.807) is 14.2 Å². The van der Waals surface area contributed by atoms with Crippen molar-refractivity contribution in [1.29, 1.82) is 0 Å². The molecule has 0 unspecified atom stereocenters. The van der Waals surface area contributed by atoms with E-state index in [4.69, 9.17) is 9.47 Å². The lowest BCUT2D eigenvalue weighted by molar-refractivity contribution is -0.119. The zero-order chi connectivity index (χ0) is 20.9. The van der Waals surface area contributed by atoms with Gasteiger partial charge in [-0.3, -0.25) is 4.79 Å². The van der Waals surface area contributed by atoms with Crippen LogP contribution in [-0.2, 0) is 11.3 Å². The largest absolute Gasteiger partial charge is 0.493 e. The standard InChI is InChI=1S/C21H24N6O3/c1-29-18-9-6-14(10-19(18)30-2)12-23-20(28)13-22-16-5-3-4-15(11-16)21-24-25-26-27(21)17-7-8-17/h3-6,9-11,17,22H,7-8,12-13H2,1-2H3,(H,23,28). The maximum Gasteiger partial charge on any atom is 0.239 e. The maximum atomic E-state index is 12.3. The molecule has 1 aliphatic carbocycles. The zero-order valence-electron chi connectivity index (χ0n) is 17.0. The molecule has 3 aromatic rings. The third kappa shape index (κ3) is 4.51. The van der Waals surface area contributed by atoms with Gasteiger partial charge in [-0.15, -0.1) is 5.10 Å². The first-order valence-electron chi connectivity index (χ1n) is 9.77. The summed E-state index contributed by atoms with van der Waals surface area (Å²) in [5.41, 5.74) is 2.68. The molecule has 0 atom stereocenters. The number of aromatic nitrogens is 4. The number of amides is 1. The molecule has 30 heavy (non-hydrogen) atoms. The Hall–Kier alpha value is -3.62. The predicted octanol–water partition coefficient (Wildman–Crippen LogP) is 2.42. The highest BCUT2D eigenvalue weighted by Crippen LogP contribution is 2.36. The van der Waals surface area contributed by atoms with Gasteiger partial charge in [0.1, 0.15) is 0 Å². The topological polar surface area (TPSA) is 103 Å². The van der Waals surface area contributed by atoms with Gasteiger partial charge in [0.15, 0.2) is 17.3 Å². The number of carbonyl (C=O) groups excluding carboxylic acids is 1. The average molecular weight is 408 g/mol. The van der Waals surface area contributed by atoms with E-state index in [1.807, 2.05) is 47.1 Å². The van der Waals surface area contributed by atoms with Crippen LogP contribution in [0.25, 0.3) is 11.4 Å². The number of tetrazole rings is 1. The van der Waals surface area contributed by atoms with Crippen molar-refractivity contribution in [2.24, 2.45) is 0 Å². The van der Waals surface area contributed by atoms with Gasteiger partial charge in [0.05, 0.1) is 26.8 Å². The minimum absolute atomic E-state index is 0.113. The first-order valence-corrected chi connectivity index (χ1v) is 9.77. The normalized spacial score (nSPS) is 13.0. The minimum atomic E-state index is -0.113. The monoisotopic (exact) mass is 408 g/mol. The summed E-state index contributed by atoms with van der Waals surface area (Å²) in [6, 6.07) is 13.7. The molecule has 0 spiro atoms. The molecule has 1 amide bonds. The van der Waals surface area contributed by atoms with E-state index < -0.39 is 0 Å². The summed E-state index contributed by atoms with van der Waals surface area (Å²) in [6.45, 7) is 0.557. The SMILES string of the molecule is COc1ccc(CNC(=O)CNc2cccc(-c3nnnn3C3CC3)c2)cc1OC. The molecule has 0 aliphatic heterocycles. The van der Waals surface area contributed by atoms with E-state index in [0.29, 0.717) is 24.1 Å². The van der Waals surface area contributed by atoms with Gasteiger partial charge in [0.2, 0.25) is 5.91 Å². The lowest BCUT2D eigenvalue weighted by atomic mass is 10.2. The highest BCUT2D eigenvalue weighted by molar-refractivity contribution is 5.81. The van der Waals surface area contributed by atoms with Crippen LogP contribution < -0.4 is 20.1 Å². The highest BCUT2D eigenvalue weighted by atomic mass is 16.5. The minimum Gasteiger partial charge on any atom is -0.493 e. The van der Waals surface area contributed by atoms with Crippen LogP contribution in [0.1, 0.15) is 24.4 Å². The molecule has 1 aromatic heterocycles. The van der Waals surface area contributed by atoms with Gasteiger partial charge in [-0.2, -0.15) is 0 Å². The molecule has 0 bridgehead atoms. The van der Waals surface area contributed by atoms with Crippen LogP contribution in [0.15, 0.2) is 42.5 Å². The molecule has 9 heteroatoms. The molecular weight excluding hydrogens is 384 g/mol. The van der Waals surface area contributed by atoms with Crippen LogP contribution in [0.3, 0.4) is 0 Å². The third-order valence-corrected chi connectivity index (χ3v) is 4.90. The van der Waals surface area contributed by atoms with Crippen molar-refractivity contribution in [3.63, 3.8) is 0 Å². The number of hydrogen-bond acceptors (Lipinski definition) is 7. The summed E-state index contributed by atoms with van der Waals surface area (Å²) in [5, 5.41) is 18.1. The van der Waals surface area contributed by atoms with Crippen LogP contribution in [-0.4, -0.2) is 46.9 Å². The lowest BCUT2D eigenvalue weighted by Gasteiger charge is -2.11. The second kappa shape index (κ2) is 8.81. The lowest BCUT2D eigenvalue weighted by Crippen LogP contribution is -2.29. The summed E-state index contributed by atoms with van der Waals surface area (Å²) in [4.78, 5) is 12.3. The molecule has 2 aromatic carbocycles. The average Bonchev–Trinajstić information content (AvgIpc) is 3.52. The molecule has 1 fully saturated rings. The summed E-state index contributed by atoms with van der Waals surface area (Å²) >= 11 is 0. The highest BCUT2D eigenvalue weighted by Gasteiger charge is 2.28. The number of nitrogens with one attached hydrogen (secondary N) is 2. The molecule has 9 nitrogen and oxygen atoms in total. The number of benzene rings is 2. The van der Waals surface area contributed by atoms with E-state index in [-0.39, 0.29) is 12.5 Å². The van der Waals surface area contributed by atoms with Crippen molar-refractivity contribution < 1.29 is 14.3 Å². The zero-order valence-corrected chi connectivity index (χ0v) is 17.0. The van der Waals surface area contributed by atoms with Crippen molar-refractivity contribution >= 4 is 11.6 Å². The molecular formula is C21H24N6O3. The Kier molecular flexibility index (Phi) is 5.78. The van der Waals surface area contributed by atoms with Crippen molar-refractivity contribution in [2.75, 3.05) is 26.1 Å². The number of anilines is 1. The Labute approximate surface area is 174 Å². The van der Waals surface area contributed by atoms with E-state index in [0.717, 1.165) is 35.5 Å². The predicted molar refractivity (Wildman–Crippen MR) is 111 cm³/mol. The molecule has 1 aliphatic rings. The fourth-order valence-corrected chi connectivity index (χ4v) is 3.15. The first kappa shape index (κ1) is 19.7. The van der Waals surface area contributed by atoms with Gasteiger partial charge in [-0.05, 0) is 53.1 Å². The van der Waals surface area contributed by atoms with Crippen molar-refractivity contribution in [3.8, 4) is 22.9 Å². The van der Waals surface area contributed by atoms with Gasteiger partial charge in [-0.1, -0.05) is 18.2 Å². The molecule has 4 rings (SSSR count). The van der Waals surface area contributed by atoms with Gasteiger partial charge in [-0.25, -0.2) is 4.68 Å². The van der Waals surface area contributed by atoms with Gasteiger partial charge >= 0.3 is 0 Å². The van der Waals surface area contributed by atoms with Crippen LogP contribution in [0.2, 0.25) is 0 Å². The molecule has 156 valence electrons. The van der Waals surface area contributed by atoms with E-state index in [2.05, 4.69) is 26.2 Å². The van der Waals surface area contributed by atoms with E-state index in [9.17, 15) is 4.79 Å². The number of ether oxygens (including phenoxy) is 2. The molecule has 1 saturated carbocycles. The second-order valence-electron chi connectivity index (χ2n) is 7.08. The van der Waals surface area contributed by atoms with Crippen LogP contribution in [0.5, 0.6) is 11.5 Å². The number of rotatable bonds is 9. The van der Waals surface area contributed by atoms with Crippen molar-refractivity contribution in [1.82, 2.24) is 25.5 Å². The van der Waals surface area contributed by atoms with E-state index >= 15 is 0 Å². The third-order valence-electron chi connectivity index (χ3n) is 4.90. The van der Waals surface area contributed by atoms with Gasteiger partial charge in [0.25, 0.3) is 0 Å². The Balaban J connectivity index is 1.32. The van der Waals surface area contributed by atoms with Crippen LogP contribution >= 0.6 is 0 Å². The fourth-order valence-electron chi connectivity index (χ4n) is 3.15. The summed E-state index contributed by atoms with van der Waals surface area (Å²) < 4.78 is 12.4. The van der Waals surface area contributed by atoms with Crippen molar-refractivity contribution in [2.45, 2.75) is 25.4 Å². The van der Waals surface area contributed by atoms with Crippen molar-refractivity contribution in [3.05, 3.63) is 48.0 Å².